The molecule has 1 fully saturated rings. The summed E-state index contributed by atoms with van der Waals surface area (Å²) in [6.45, 7) is 5.07. The maximum absolute atomic E-state index is 13.1. The highest BCUT2D eigenvalue weighted by Gasteiger charge is 2.22. The van der Waals surface area contributed by atoms with E-state index in [4.69, 9.17) is 0 Å². The number of piperidine rings is 1. The molecule has 0 unspecified atom stereocenters. The van der Waals surface area contributed by atoms with E-state index in [0.717, 1.165) is 60.9 Å². The summed E-state index contributed by atoms with van der Waals surface area (Å²) in [5.74, 6) is -0.231. The van der Waals surface area contributed by atoms with E-state index in [0.29, 0.717) is 12.6 Å². The minimum absolute atomic E-state index is 0.0189. The van der Waals surface area contributed by atoms with Gasteiger partial charge in [-0.25, -0.2) is 4.39 Å². The number of hydrogen-bond donors (Lipinski definition) is 2. The maximum Gasteiger partial charge on any atom is 0.217 e. The Morgan fingerprint density at radius 1 is 1.13 bits per heavy atom. The maximum atomic E-state index is 13.1. The van der Waals surface area contributed by atoms with Gasteiger partial charge in [0.05, 0.1) is 6.61 Å². The van der Waals surface area contributed by atoms with Gasteiger partial charge in [0.1, 0.15) is 5.82 Å². The lowest BCUT2D eigenvalue weighted by Crippen LogP contribution is -2.35. The second-order valence-electron chi connectivity index (χ2n) is 8.43. The van der Waals surface area contributed by atoms with Crippen LogP contribution in [-0.2, 0) is 24.4 Å². The van der Waals surface area contributed by atoms with Crippen molar-refractivity contribution in [3.05, 3.63) is 71.2 Å². The standard InChI is InChI=1S/C25H30FN3O2/c1-18(31)27-15-20-4-7-24-21(17-30)16-29(25(24)14-20)23-9-12-28(13-10-23)11-8-19-2-5-22(26)6-3-19/h2-7,14,16,23,30H,8-13,15,17H2,1H3,(H,27,31). The van der Waals surface area contributed by atoms with E-state index in [1.54, 1.807) is 0 Å². The van der Waals surface area contributed by atoms with E-state index in [1.165, 1.54) is 24.6 Å². The van der Waals surface area contributed by atoms with Crippen LogP contribution in [0.25, 0.3) is 10.9 Å². The average molecular weight is 424 g/mol. The second-order valence-corrected chi connectivity index (χ2v) is 8.43. The lowest BCUT2D eigenvalue weighted by atomic mass is 10.0. The molecule has 0 radical (unpaired) electrons. The van der Waals surface area contributed by atoms with Gasteiger partial charge >= 0.3 is 0 Å². The van der Waals surface area contributed by atoms with Crippen LogP contribution >= 0.6 is 0 Å². The molecule has 0 atom stereocenters. The lowest BCUT2D eigenvalue weighted by Gasteiger charge is -2.33. The summed E-state index contributed by atoms with van der Waals surface area (Å²) in [5.41, 5.74) is 4.29. The Kier molecular flexibility index (Phi) is 6.68. The van der Waals surface area contributed by atoms with Crippen molar-refractivity contribution in [2.24, 2.45) is 0 Å². The molecule has 1 saturated heterocycles. The number of nitrogens with zero attached hydrogens (tertiary/aromatic N) is 2. The number of aliphatic hydroxyl groups excluding tert-OH is 1. The van der Waals surface area contributed by atoms with Crippen LogP contribution in [0.5, 0.6) is 0 Å². The van der Waals surface area contributed by atoms with E-state index >= 15 is 0 Å². The first-order valence-electron chi connectivity index (χ1n) is 11.0. The van der Waals surface area contributed by atoms with E-state index in [-0.39, 0.29) is 18.3 Å². The molecule has 0 saturated carbocycles. The third-order valence-corrected chi connectivity index (χ3v) is 6.27. The molecule has 4 rings (SSSR count). The molecule has 0 aliphatic carbocycles. The molecule has 0 spiro atoms. The number of carbonyl (C=O) groups is 1. The summed E-state index contributed by atoms with van der Waals surface area (Å²) in [6, 6.07) is 13.4. The van der Waals surface area contributed by atoms with E-state index in [2.05, 4.69) is 27.0 Å². The summed E-state index contributed by atoms with van der Waals surface area (Å²) in [7, 11) is 0. The van der Waals surface area contributed by atoms with Crippen LogP contribution in [0.15, 0.2) is 48.7 Å². The zero-order chi connectivity index (χ0) is 21.8. The monoisotopic (exact) mass is 423 g/mol. The van der Waals surface area contributed by atoms with Gasteiger partial charge in [-0.1, -0.05) is 24.3 Å². The van der Waals surface area contributed by atoms with Crippen molar-refractivity contribution in [1.82, 2.24) is 14.8 Å². The van der Waals surface area contributed by atoms with Crippen LogP contribution in [0, 0.1) is 5.82 Å². The van der Waals surface area contributed by atoms with Crippen molar-refractivity contribution < 1.29 is 14.3 Å². The highest BCUT2D eigenvalue weighted by atomic mass is 19.1. The molecule has 1 aromatic heterocycles. The number of halogens is 1. The number of fused-ring (bicyclic) bond motifs is 1. The molecule has 0 bridgehead atoms. The number of likely N-dealkylation sites (tertiary alicyclic amines) is 1. The molecule has 2 N–H and O–H groups in total. The quantitative estimate of drug-likeness (QED) is 0.608. The largest absolute Gasteiger partial charge is 0.392 e. The van der Waals surface area contributed by atoms with E-state index in [9.17, 15) is 14.3 Å². The van der Waals surface area contributed by atoms with Crippen LogP contribution in [0.4, 0.5) is 4.39 Å². The second kappa shape index (κ2) is 9.62. The Balaban J connectivity index is 1.43. The SMILES string of the molecule is CC(=O)NCc1ccc2c(CO)cn(C3CCN(CCc4ccc(F)cc4)CC3)c2c1. The molecule has 5 nitrogen and oxygen atoms in total. The third kappa shape index (κ3) is 5.14. The van der Waals surface area contributed by atoms with Gasteiger partial charge in [0.2, 0.25) is 5.91 Å². The fraction of sp³-hybridized carbons (Fsp3) is 0.400. The van der Waals surface area contributed by atoms with Crippen LogP contribution in [-0.4, -0.2) is 40.1 Å². The van der Waals surface area contributed by atoms with Gasteiger partial charge in [-0.2, -0.15) is 0 Å². The fourth-order valence-corrected chi connectivity index (χ4v) is 4.49. The van der Waals surface area contributed by atoms with Gasteiger partial charge in [0.25, 0.3) is 0 Å². The minimum atomic E-state index is -0.189. The van der Waals surface area contributed by atoms with Crippen molar-refractivity contribution >= 4 is 16.8 Å². The molecule has 31 heavy (non-hydrogen) atoms. The Morgan fingerprint density at radius 2 is 1.84 bits per heavy atom. The Morgan fingerprint density at radius 3 is 2.52 bits per heavy atom. The normalized spacial score (nSPS) is 15.5. The van der Waals surface area contributed by atoms with Gasteiger partial charge < -0.3 is 19.9 Å². The Hall–Kier alpha value is -2.70. The number of hydrogen-bond acceptors (Lipinski definition) is 3. The number of nitrogens with one attached hydrogen (secondary N) is 1. The number of benzene rings is 2. The van der Waals surface area contributed by atoms with Gasteiger partial charge in [-0.3, -0.25) is 4.79 Å². The number of aromatic nitrogens is 1. The van der Waals surface area contributed by atoms with Crippen LogP contribution in [0.2, 0.25) is 0 Å². The van der Waals surface area contributed by atoms with E-state index in [1.807, 2.05) is 24.3 Å². The summed E-state index contributed by atoms with van der Waals surface area (Å²) >= 11 is 0. The smallest absolute Gasteiger partial charge is 0.217 e. The molecular weight excluding hydrogens is 393 g/mol. The molecule has 2 heterocycles. The molecule has 1 amide bonds. The van der Waals surface area contributed by atoms with Crippen LogP contribution in [0.1, 0.15) is 42.5 Å². The highest BCUT2D eigenvalue weighted by molar-refractivity contribution is 5.85. The van der Waals surface area contributed by atoms with Gasteiger partial charge in [0, 0.05) is 61.8 Å². The average Bonchev–Trinajstić information content (AvgIpc) is 3.15. The molecule has 3 aromatic rings. The van der Waals surface area contributed by atoms with Crippen LogP contribution < -0.4 is 5.32 Å². The predicted molar refractivity (Wildman–Crippen MR) is 120 cm³/mol. The topological polar surface area (TPSA) is 57.5 Å². The molecule has 1 aliphatic heterocycles. The summed E-state index contributed by atoms with van der Waals surface area (Å²) in [5, 5.41) is 13.8. The summed E-state index contributed by atoms with van der Waals surface area (Å²) < 4.78 is 15.4. The molecular formula is C25H30FN3O2. The zero-order valence-electron chi connectivity index (χ0n) is 18.0. The Labute approximate surface area is 182 Å². The molecule has 164 valence electrons. The number of rotatable bonds is 7. The van der Waals surface area contributed by atoms with Gasteiger partial charge in [0.15, 0.2) is 0 Å². The highest BCUT2D eigenvalue weighted by Crippen LogP contribution is 2.31. The van der Waals surface area contributed by atoms with Crippen molar-refractivity contribution in [1.29, 1.82) is 0 Å². The lowest BCUT2D eigenvalue weighted by molar-refractivity contribution is -0.119. The van der Waals surface area contributed by atoms with Crippen molar-refractivity contribution in [3.63, 3.8) is 0 Å². The zero-order valence-corrected chi connectivity index (χ0v) is 18.0. The van der Waals surface area contributed by atoms with Crippen molar-refractivity contribution in [2.45, 2.75) is 45.4 Å². The number of carbonyl (C=O) groups excluding carboxylic acids is 1. The van der Waals surface area contributed by atoms with Gasteiger partial charge in [-0.15, -0.1) is 0 Å². The van der Waals surface area contributed by atoms with E-state index < -0.39 is 0 Å². The summed E-state index contributed by atoms with van der Waals surface area (Å²) in [4.78, 5) is 13.7. The van der Waals surface area contributed by atoms with Crippen molar-refractivity contribution in [2.75, 3.05) is 19.6 Å². The Bertz CT molecular complexity index is 1040. The number of amides is 1. The molecule has 2 aromatic carbocycles. The fourth-order valence-electron chi connectivity index (χ4n) is 4.49. The van der Waals surface area contributed by atoms with Gasteiger partial charge in [-0.05, 0) is 48.6 Å². The predicted octanol–water partition coefficient (Wildman–Crippen LogP) is 3.79. The first kappa shape index (κ1) is 21.5. The third-order valence-electron chi connectivity index (χ3n) is 6.27. The first-order valence-corrected chi connectivity index (χ1v) is 11.0. The van der Waals surface area contributed by atoms with Crippen molar-refractivity contribution in [3.8, 4) is 0 Å². The molecule has 6 heteroatoms. The molecule has 1 aliphatic rings. The summed E-state index contributed by atoms with van der Waals surface area (Å²) in [6.07, 6.45) is 5.12. The number of aliphatic hydroxyl groups is 1. The van der Waals surface area contributed by atoms with Crippen LogP contribution in [0.3, 0.4) is 0 Å². The minimum Gasteiger partial charge on any atom is -0.392 e. The first-order chi connectivity index (χ1) is 15.0.